The van der Waals surface area contributed by atoms with Gasteiger partial charge in [-0.2, -0.15) is 0 Å². The number of para-hydroxylation sites is 2. The van der Waals surface area contributed by atoms with Crippen LogP contribution in [0.2, 0.25) is 5.02 Å². The van der Waals surface area contributed by atoms with Crippen LogP contribution in [0, 0.1) is 0 Å². The lowest BCUT2D eigenvalue weighted by molar-refractivity contribution is 0.0692. The van der Waals surface area contributed by atoms with Gasteiger partial charge in [-0.05, 0) is 36.4 Å². The number of carbonyl (C=O) groups is 2. The minimum absolute atomic E-state index is 0.0334. The number of benzene rings is 3. The van der Waals surface area contributed by atoms with Crippen molar-refractivity contribution in [1.29, 1.82) is 0 Å². The summed E-state index contributed by atoms with van der Waals surface area (Å²) in [6.07, 6.45) is 0. The van der Waals surface area contributed by atoms with Crippen molar-refractivity contribution >= 4 is 23.5 Å². The lowest BCUT2D eigenvalue weighted by Gasteiger charge is -2.11. The smallest absolute Gasteiger partial charge is 0.345 e. The predicted molar refractivity (Wildman–Crippen MR) is 94.3 cm³/mol. The third kappa shape index (κ3) is 4.05. The van der Waals surface area contributed by atoms with Crippen LogP contribution in [-0.4, -0.2) is 11.9 Å². The fraction of sp³-hybridized carbons (Fsp3) is 0. The summed E-state index contributed by atoms with van der Waals surface area (Å²) in [7, 11) is 0. The van der Waals surface area contributed by atoms with E-state index in [1.807, 2.05) is 0 Å². The SMILES string of the molecule is O=C(Oc1ccccc1)c1cccc(Cl)c1C(=O)Oc1ccccc1. The first-order chi connectivity index (χ1) is 12.1. The molecule has 124 valence electrons. The molecule has 0 saturated carbocycles. The molecule has 25 heavy (non-hydrogen) atoms. The molecule has 3 aromatic rings. The third-order valence-corrected chi connectivity index (χ3v) is 3.66. The highest BCUT2D eigenvalue weighted by atomic mass is 35.5. The molecule has 3 rings (SSSR count). The van der Waals surface area contributed by atoms with Gasteiger partial charge in [-0.3, -0.25) is 0 Å². The minimum Gasteiger partial charge on any atom is -0.423 e. The van der Waals surface area contributed by atoms with E-state index >= 15 is 0 Å². The highest BCUT2D eigenvalue weighted by Crippen LogP contribution is 2.24. The molecule has 0 amide bonds. The predicted octanol–water partition coefficient (Wildman–Crippen LogP) is 4.78. The highest BCUT2D eigenvalue weighted by Gasteiger charge is 2.23. The summed E-state index contributed by atoms with van der Waals surface area (Å²) in [6, 6.07) is 21.7. The molecular weight excluding hydrogens is 340 g/mol. The van der Waals surface area contributed by atoms with Gasteiger partial charge in [-0.15, -0.1) is 0 Å². The Hall–Kier alpha value is -3.11. The topological polar surface area (TPSA) is 52.6 Å². The fourth-order valence-electron chi connectivity index (χ4n) is 2.20. The van der Waals surface area contributed by atoms with Gasteiger partial charge in [0, 0.05) is 0 Å². The van der Waals surface area contributed by atoms with Crippen LogP contribution in [0.25, 0.3) is 0 Å². The molecule has 0 N–H and O–H groups in total. The number of esters is 2. The Balaban J connectivity index is 1.89. The Morgan fingerprint density at radius 3 is 1.72 bits per heavy atom. The summed E-state index contributed by atoms with van der Waals surface area (Å²) in [5.41, 5.74) is 0.00577. The monoisotopic (exact) mass is 352 g/mol. The first-order valence-corrected chi connectivity index (χ1v) is 7.86. The van der Waals surface area contributed by atoms with E-state index < -0.39 is 11.9 Å². The van der Waals surface area contributed by atoms with Crippen molar-refractivity contribution in [2.24, 2.45) is 0 Å². The zero-order valence-corrected chi connectivity index (χ0v) is 13.8. The molecule has 0 aliphatic heterocycles. The van der Waals surface area contributed by atoms with E-state index in [2.05, 4.69) is 0 Å². The Kier molecular flexibility index (Phi) is 5.11. The van der Waals surface area contributed by atoms with Crippen LogP contribution in [0.15, 0.2) is 78.9 Å². The molecule has 0 radical (unpaired) electrons. The van der Waals surface area contributed by atoms with Crippen LogP contribution in [0.3, 0.4) is 0 Å². The van der Waals surface area contributed by atoms with E-state index in [0.717, 1.165) is 0 Å². The number of hydrogen-bond acceptors (Lipinski definition) is 4. The Morgan fingerprint density at radius 1 is 0.640 bits per heavy atom. The largest absolute Gasteiger partial charge is 0.423 e. The molecule has 0 heterocycles. The molecular formula is C20H13ClO4. The summed E-state index contributed by atoms with van der Waals surface area (Å²) < 4.78 is 10.6. The quantitative estimate of drug-likeness (QED) is 0.501. The Bertz CT molecular complexity index is 892. The first-order valence-electron chi connectivity index (χ1n) is 7.48. The van der Waals surface area contributed by atoms with Gasteiger partial charge in [0.1, 0.15) is 11.5 Å². The number of carbonyl (C=O) groups excluding carboxylic acids is 2. The molecule has 0 bridgehead atoms. The van der Waals surface area contributed by atoms with Crippen molar-refractivity contribution in [3.05, 3.63) is 95.0 Å². The van der Waals surface area contributed by atoms with Crippen molar-refractivity contribution in [2.75, 3.05) is 0 Å². The minimum atomic E-state index is -0.725. The molecule has 0 saturated heterocycles. The van der Waals surface area contributed by atoms with Gasteiger partial charge < -0.3 is 9.47 Å². The maximum absolute atomic E-state index is 12.5. The van der Waals surface area contributed by atoms with Crippen LogP contribution in [-0.2, 0) is 0 Å². The summed E-state index contributed by atoms with van der Waals surface area (Å²) in [4.78, 5) is 25.0. The van der Waals surface area contributed by atoms with Crippen molar-refractivity contribution in [2.45, 2.75) is 0 Å². The summed E-state index contributed by atoms with van der Waals surface area (Å²) in [5, 5.41) is 0.114. The van der Waals surface area contributed by atoms with Crippen molar-refractivity contribution in [3.63, 3.8) is 0 Å². The molecule has 0 aliphatic carbocycles. The van der Waals surface area contributed by atoms with Crippen molar-refractivity contribution < 1.29 is 19.1 Å². The maximum Gasteiger partial charge on any atom is 0.345 e. The first kappa shape index (κ1) is 16.7. The molecule has 0 aliphatic rings. The molecule has 0 aromatic heterocycles. The number of ether oxygens (including phenoxy) is 2. The van der Waals surface area contributed by atoms with E-state index in [1.165, 1.54) is 12.1 Å². The van der Waals surface area contributed by atoms with Gasteiger partial charge in [0.25, 0.3) is 0 Å². The standard InChI is InChI=1S/C20H13ClO4/c21-17-13-7-12-16(19(22)24-14-8-3-1-4-9-14)18(17)20(23)25-15-10-5-2-6-11-15/h1-13H. The lowest BCUT2D eigenvalue weighted by atomic mass is 10.1. The molecule has 0 fully saturated rings. The number of rotatable bonds is 4. The highest BCUT2D eigenvalue weighted by molar-refractivity contribution is 6.34. The second kappa shape index (κ2) is 7.64. The lowest BCUT2D eigenvalue weighted by Crippen LogP contribution is -2.18. The van der Waals surface area contributed by atoms with Gasteiger partial charge in [-0.25, -0.2) is 9.59 Å². The van der Waals surface area contributed by atoms with Crippen LogP contribution in [0.4, 0.5) is 0 Å². The zero-order chi connectivity index (χ0) is 17.6. The second-order valence-corrected chi connectivity index (χ2v) is 5.47. The molecule has 3 aromatic carbocycles. The normalized spacial score (nSPS) is 10.1. The fourth-order valence-corrected chi connectivity index (χ4v) is 2.45. The van der Waals surface area contributed by atoms with E-state index in [-0.39, 0.29) is 16.1 Å². The van der Waals surface area contributed by atoms with Crippen molar-refractivity contribution in [3.8, 4) is 11.5 Å². The van der Waals surface area contributed by atoms with Crippen molar-refractivity contribution in [1.82, 2.24) is 0 Å². The summed E-state index contributed by atoms with van der Waals surface area (Å²) in [6.45, 7) is 0. The van der Waals surface area contributed by atoms with E-state index in [9.17, 15) is 9.59 Å². The van der Waals surface area contributed by atoms with E-state index in [0.29, 0.717) is 11.5 Å². The van der Waals surface area contributed by atoms with Gasteiger partial charge in [0.05, 0.1) is 16.1 Å². The maximum atomic E-state index is 12.5. The average Bonchev–Trinajstić information content (AvgIpc) is 2.63. The van der Waals surface area contributed by atoms with Gasteiger partial charge in [-0.1, -0.05) is 54.1 Å². The van der Waals surface area contributed by atoms with Gasteiger partial charge in [0.2, 0.25) is 0 Å². The molecule has 4 nitrogen and oxygen atoms in total. The number of halogens is 1. The summed E-state index contributed by atoms with van der Waals surface area (Å²) >= 11 is 6.13. The van der Waals surface area contributed by atoms with Gasteiger partial charge >= 0.3 is 11.9 Å². The molecule has 5 heteroatoms. The zero-order valence-electron chi connectivity index (χ0n) is 13.0. The molecule has 0 atom stereocenters. The average molecular weight is 353 g/mol. The van der Waals surface area contributed by atoms with Crippen LogP contribution >= 0.6 is 11.6 Å². The van der Waals surface area contributed by atoms with Crippen LogP contribution < -0.4 is 9.47 Å². The van der Waals surface area contributed by atoms with Gasteiger partial charge in [0.15, 0.2) is 0 Å². The Morgan fingerprint density at radius 2 is 1.16 bits per heavy atom. The third-order valence-electron chi connectivity index (χ3n) is 3.35. The van der Waals surface area contributed by atoms with E-state index in [1.54, 1.807) is 66.7 Å². The van der Waals surface area contributed by atoms with Crippen LogP contribution in [0.1, 0.15) is 20.7 Å². The van der Waals surface area contributed by atoms with Crippen LogP contribution in [0.5, 0.6) is 11.5 Å². The second-order valence-electron chi connectivity index (χ2n) is 5.07. The van der Waals surface area contributed by atoms with E-state index in [4.69, 9.17) is 21.1 Å². The molecule has 0 unspecified atom stereocenters. The number of hydrogen-bond donors (Lipinski definition) is 0. The summed E-state index contributed by atoms with van der Waals surface area (Å²) in [5.74, 6) is -0.685. The Labute approximate surface area is 149 Å². The molecule has 0 spiro atoms.